The maximum absolute atomic E-state index is 12.5. The highest BCUT2D eigenvalue weighted by molar-refractivity contribution is 5.94. The highest BCUT2D eigenvalue weighted by Crippen LogP contribution is 2.35. The van der Waals surface area contributed by atoms with Gasteiger partial charge in [-0.1, -0.05) is 116 Å². The third-order valence-electron chi connectivity index (χ3n) is 7.80. The molecule has 0 fully saturated rings. The molecule has 2 aromatic rings. The number of hydrogen-bond donors (Lipinski definition) is 2. The summed E-state index contributed by atoms with van der Waals surface area (Å²) in [5.41, 5.74) is 3.20. The summed E-state index contributed by atoms with van der Waals surface area (Å²) in [5, 5.41) is 6.02. The summed E-state index contributed by atoms with van der Waals surface area (Å²) in [6.45, 7) is 4.47. The number of carbonyl (C=O) groups is 2. The molecule has 0 heterocycles. The Bertz CT molecular complexity index is 969. The van der Waals surface area contributed by atoms with Crippen LogP contribution in [0.2, 0.25) is 0 Å². The van der Waals surface area contributed by atoms with E-state index in [1.54, 1.807) is 14.2 Å². The zero-order valence-electron chi connectivity index (χ0n) is 26.8. The molecule has 0 aromatic heterocycles. The average molecular weight is 581 g/mol. The first kappa shape index (κ1) is 35.2. The number of unbranched alkanes of at least 4 members (excludes halogenated alkanes) is 14. The molecule has 2 amide bonds. The molecule has 0 saturated carbocycles. The van der Waals surface area contributed by atoms with E-state index in [-0.39, 0.29) is 11.8 Å². The van der Waals surface area contributed by atoms with Crippen LogP contribution in [0.15, 0.2) is 36.4 Å². The van der Waals surface area contributed by atoms with E-state index in [1.807, 2.05) is 36.4 Å². The van der Waals surface area contributed by atoms with E-state index < -0.39 is 0 Å². The fraction of sp³-hybridized carbons (Fsp3) is 0.611. The minimum absolute atomic E-state index is 0.0146. The fourth-order valence-electron chi connectivity index (χ4n) is 5.21. The Morgan fingerprint density at radius 3 is 1.19 bits per heavy atom. The molecule has 2 aromatic carbocycles. The van der Waals surface area contributed by atoms with Crippen LogP contribution < -0.4 is 20.1 Å². The van der Waals surface area contributed by atoms with Gasteiger partial charge in [0.1, 0.15) is 11.5 Å². The summed E-state index contributed by atoms with van der Waals surface area (Å²) >= 11 is 0. The van der Waals surface area contributed by atoms with E-state index in [0.717, 1.165) is 36.8 Å². The quantitative estimate of drug-likeness (QED) is 0.128. The van der Waals surface area contributed by atoms with Gasteiger partial charge in [-0.3, -0.25) is 9.59 Å². The van der Waals surface area contributed by atoms with Gasteiger partial charge < -0.3 is 20.1 Å². The Balaban J connectivity index is 1.86. The Morgan fingerprint density at radius 1 is 0.524 bits per heavy atom. The molecular formula is C36H56N2O4. The minimum Gasteiger partial charge on any atom is -0.495 e. The maximum Gasteiger partial charge on any atom is 0.224 e. The van der Waals surface area contributed by atoms with E-state index in [2.05, 4.69) is 24.5 Å². The van der Waals surface area contributed by atoms with Crippen molar-refractivity contribution >= 4 is 23.2 Å². The van der Waals surface area contributed by atoms with Crippen molar-refractivity contribution in [3.05, 3.63) is 36.4 Å². The van der Waals surface area contributed by atoms with Crippen LogP contribution in [0, 0.1) is 0 Å². The van der Waals surface area contributed by atoms with Crippen LogP contribution in [0.1, 0.15) is 129 Å². The molecule has 0 atom stereocenters. The molecule has 0 bridgehead atoms. The predicted molar refractivity (Wildman–Crippen MR) is 177 cm³/mol. The van der Waals surface area contributed by atoms with Gasteiger partial charge >= 0.3 is 0 Å². The van der Waals surface area contributed by atoms with Gasteiger partial charge in [-0.25, -0.2) is 0 Å². The van der Waals surface area contributed by atoms with Gasteiger partial charge in [-0.2, -0.15) is 0 Å². The summed E-state index contributed by atoms with van der Waals surface area (Å²) in [4.78, 5) is 25.1. The van der Waals surface area contributed by atoms with Gasteiger partial charge in [-0.15, -0.1) is 0 Å². The van der Waals surface area contributed by atoms with Crippen LogP contribution in [0.25, 0.3) is 11.1 Å². The molecule has 0 unspecified atom stereocenters. The van der Waals surface area contributed by atoms with Crippen molar-refractivity contribution in [2.45, 2.75) is 129 Å². The predicted octanol–water partition coefficient (Wildman–Crippen LogP) is 10.3. The van der Waals surface area contributed by atoms with Gasteiger partial charge in [0, 0.05) is 12.8 Å². The number of methoxy groups -OCH3 is 2. The van der Waals surface area contributed by atoms with Gasteiger partial charge in [0.05, 0.1) is 25.6 Å². The van der Waals surface area contributed by atoms with Crippen molar-refractivity contribution in [2.24, 2.45) is 0 Å². The lowest BCUT2D eigenvalue weighted by atomic mass is 10.0. The molecule has 0 aliphatic heterocycles. The number of rotatable bonds is 23. The van der Waals surface area contributed by atoms with Crippen LogP contribution >= 0.6 is 0 Å². The number of anilines is 2. The van der Waals surface area contributed by atoms with Crippen LogP contribution in [-0.2, 0) is 9.59 Å². The summed E-state index contributed by atoms with van der Waals surface area (Å²) in [6, 6.07) is 11.5. The monoisotopic (exact) mass is 580 g/mol. The fourth-order valence-corrected chi connectivity index (χ4v) is 5.21. The number of ether oxygens (including phenoxy) is 2. The number of carbonyl (C=O) groups excluding carboxylic acids is 2. The summed E-state index contributed by atoms with van der Waals surface area (Å²) in [5.74, 6) is 1.25. The second-order valence-corrected chi connectivity index (χ2v) is 11.4. The Kier molecular flexibility index (Phi) is 18.1. The molecule has 6 heteroatoms. The molecule has 42 heavy (non-hydrogen) atoms. The standard InChI is InChI=1S/C36H56N2O4/c1-5-7-9-11-13-15-17-19-21-35(39)37-31-25-23-29(27-33(31)41-3)30-24-26-32(34(28-30)42-4)38-36(40)22-20-18-16-14-12-10-8-6-2/h23-28H,5-22H2,1-4H3,(H,37,39)(H,38,40). The second kappa shape index (κ2) is 21.6. The minimum atomic E-state index is 0.0146. The van der Waals surface area contributed by atoms with E-state index >= 15 is 0 Å². The van der Waals surface area contributed by atoms with Gasteiger partial charge in [0.2, 0.25) is 11.8 Å². The van der Waals surface area contributed by atoms with E-state index in [4.69, 9.17) is 9.47 Å². The first-order valence-electron chi connectivity index (χ1n) is 16.5. The Labute approximate surface area is 255 Å². The lowest BCUT2D eigenvalue weighted by molar-refractivity contribution is -0.117. The lowest BCUT2D eigenvalue weighted by Crippen LogP contribution is -2.12. The summed E-state index contributed by atoms with van der Waals surface area (Å²) in [6.07, 6.45) is 20.3. The average Bonchev–Trinajstić information content (AvgIpc) is 3.00. The van der Waals surface area contributed by atoms with Gasteiger partial charge in [-0.05, 0) is 48.2 Å². The van der Waals surface area contributed by atoms with Crippen molar-refractivity contribution in [1.82, 2.24) is 0 Å². The van der Waals surface area contributed by atoms with Crippen molar-refractivity contribution in [1.29, 1.82) is 0 Å². The zero-order chi connectivity index (χ0) is 30.4. The van der Waals surface area contributed by atoms with Crippen molar-refractivity contribution in [3.8, 4) is 22.6 Å². The summed E-state index contributed by atoms with van der Waals surface area (Å²) < 4.78 is 11.2. The molecular weight excluding hydrogens is 524 g/mol. The molecule has 0 radical (unpaired) electrons. The Morgan fingerprint density at radius 2 is 0.857 bits per heavy atom. The maximum atomic E-state index is 12.5. The van der Waals surface area contributed by atoms with Crippen LogP contribution in [-0.4, -0.2) is 26.0 Å². The second-order valence-electron chi connectivity index (χ2n) is 11.4. The molecule has 0 saturated heterocycles. The van der Waals surface area contributed by atoms with Crippen LogP contribution in [0.3, 0.4) is 0 Å². The molecule has 2 N–H and O–H groups in total. The van der Waals surface area contributed by atoms with Crippen LogP contribution in [0.5, 0.6) is 11.5 Å². The van der Waals surface area contributed by atoms with E-state index in [9.17, 15) is 9.59 Å². The Hall–Kier alpha value is -3.02. The van der Waals surface area contributed by atoms with Crippen molar-refractivity contribution in [3.63, 3.8) is 0 Å². The molecule has 0 aliphatic rings. The molecule has 0 spiro atoms. The number of amides is 2. The smallest absolute Gasteiger partial charge is 0.224 e. The molecule has 2 rings (SSSR count). The largest absolute Gasteiger partial charge is 0.495 e. The normalized spacial score (nSPS) is 10.9. The first-order chi connectivity index (χ1) is 20.5. The number of nitrogens with one attached hydrogen (secondary N) is 2. The van der Waals surface area contributed by atoms with Crippen molar-refractivity contribution < 1.29 is 19.1 Å². The highest BCUT2D eigenvalue weighted by Gasteiger charge is 2.13. The zero-order valence-corrected chi connectivity index (χ0v) is 26.8. The van der Waals surface area contributed by atoms with Gasteiger partial charge in [0.25, 0.3) is 0 Å². The van der Waals surface area contributed by atoms with E-state index in [0.29, 0.717) is 35.7 Å². The van der Waals surface area contributed by atoms with E-state index in [1.165, 1.54) is 77.0 Å². The SMILES string of the molecule is CCCCCCCCCCC(=O)Nc1ccc(-c2ccc(NC(=O)CCCCCCCCCC)c(OC)c2)cc1OC. The molecule has 6 nitrogen and oxygen atoms in total. The highest BCUT2D eigenvalue weighted by atomic mass is 16.5. The third kappa shape index (κ3) is 13.8. The lowest BCUT2D eigenvalue weighted by Gasteiger charge is -2.14. The van der Waals surface area contributed by atoms with Crippen molar-refractivity contribution in [2.75, 3.05) is 24.9 Å². The number of benzene rings is 2. The third-order valence-corrected chi connectivity index (χ3v) is 7.80. The first-order valence-corrected chi connectivity index (χ1v) is 16.5. The van der Waals surface area contributed by atoms with Crippen LogP contribution in [0.4, 0.5) is 11.4 Å². The number of hydrogen-bond acceptors (Lipinski definition) is 4. The summed E-state index contributed by atoms with van der Waals surface area (Å²) in [7, 11) is 3.22. The molecule has 0 aliphatic carbocycles. The van der Waals surface area contributed by atoms with Gasteiger partial charge in [0.15, 0.2) is 0 Å². The topological polar surface area (TPSA) is 76.7 Å². The molecule has 234 valence electrons.